The minimum absolute atomic E-state index is 0.0698. The number of ether oxygens (including phenoxy) is 2. The lowest BCUT2D eigenvalue weighted by Gasteiger charge is -2.26. The van der Waals surface area contributed by atoms with Crippen LogP contribution in [0.4, 0.5) is 14.7 Å². The lowest BCUT2D eigenvalue weighted by molar-refractivity contribution is -0.137. The van der Waals surface area contributed by atoms with Crippen LogP contribution in [0.15, 0.2) is 36.5 Å². The van der Waals surface area contributed by atoms with Crippen molar-refractivity contribution in [2.75, 3.05) is 38.6 Å². The molecule has 9 nitrogen and oxygen atoms in total. The van der Waals surface area contributed by atoms with Gasteiger partial charge in [0.15, 0.2) is 6.61 Å². The first-order valence-corrected chi connectivity index (χ1v) is 10.5. The van der Waals surface area contributed by atoms with Crippen molar-refractivity contribution < 1.29 is 23.0 Å². The lowest BCUT2D eigenvalue weighted by Crippen LogP contribution is -2.43. The lowest BCUT2D eigenvalue weighted by atomic mass is 10.0. The predicted octanol–water partition coefficient (Wildman–Crippen LogP) is 2.80. The molecule has 0 unspecified atom stereocenters. The van der Waals surface area contributed by atoms with Crippen LogP contribution < -0.4 is 10.5 Å². The molecule has 0 spiro atoms. The molecule has 1 aromatic carbocycles. The number of halogens is 3. The van der Waals surface area contributed by atoms with Gasteiger partial charge in [-0.3, -0.25) is 4.79 Å². The van der Waals surface area contributed by atoms with Gasteiger partial charge in [-0.2, -0.15) is 13.9 Å². The molecule has 1 amide bonds. The Hall–Kier alpha value is -3.31. The minimum Gasteiger partial charge on any atom is -0.483 e. The summed E-state index contributed by atoms with van der Waals surface area (Å²) >= 11 is 5.96. The standard InChI is InChI=1S/C21H21ClF2N6O3/c22-17-10-15(26-21(25)27-17)19-14(11-30(28-19)20(23)24)9-13-3-1-2-4-16(13)33-12-18(31)29-5-7-32-8-6-29/h1-4,10-11,20H,5-9,12H2,(H2,25,26,27). The van der Waals surface area contributed by atoms with E-state index in [1.165, 1.54) is 12.3 Å². The summed E-state index contributed by atoms with van der Waals surface area (Å²) in [6.07, 6.45) is 1.44. The van der Waals surface area contributed by atoms with Gasteiger partial charge in [-0.25, -0.2) is 14.6 Å². The maximum absolute atomic E-state index is 13.4. The molecule has 1 aliphatic heterocycles. The molecule has 0 atom stereocenters. The van der Waals surface area contributed by atoms with E-state index in [0.29, 0.717) is 47.9 Å². The molecular formula is C21H21ClF2N6O3. The van der Waals surface area contributed by atoms with Crippen LogP contribution in [0.3, 0.4) is 0 Å². The molecular weight excluding hydrogens is 458 g/mol. The number of rotatable bonds is 7. The number of alkyl halides is 2. The van der Waals surface area contributed by atoms with Gasteiger partial charge in [-0.1, -0.05) is 29.8 Å². The highest BCUT2D eigenvalue weighted by molar-refractivity contribution is 6.29. The van der Waals surface area contributed by atoms with E-state index >= 15 is 0 Å². The summed E-state index contributed by atoms with van der Waals surface area (Å²) in [5.74, 6) is 0.223. The van der Waals surface area contributed by atoms with Gasteiger partial charge in [0, 0.05) is 37.3 Å². The average molecular weight is 479 g/mol. The Morgan fingerprint density at radius 1 is 1.21 bits per heavy atom. The Morgan fingerprint density at radius 3 is 2.70 bits per heavy atom. The third kappa shape index (κ3) is 5.55. The monoisotopic (exact) mass is 478 g/mol. The molecule has 2 aromatic heterocycles. The zero-order valence-electron chi connectivity index (χ0n) is 17.5. The summed E-state index contributed by atoms with van der Waals surface area (Å²) < 4.78 is 38.4. The van der Waals surface area contributed by atoms with Crippen molar-refractivity contribution in [1.29, 1.82) is 0 Å². The van der Waals surface area contributed by atoms with E-state index in [1.54, 1.807) is 29.2 Å². The maximum atomic E-state index is 13.4. The molecule has 12 heteroatoms. The molecule has 0 bridgehead atoms. The number of anilines is 1. The number of aromatic nitrogens is 4. The van der Waals surface area contributed by atoms with E-state index < -0.39 is 6.55 Å². The summed E-state index contributed by atoms with van der Waals surface area (Å²) in [6, 6.07) is 8.48. The van der Waals surface area contributed by atoms with Crippen LogP contribution in [-0.4, -0.2) is 63.5 Å². The second-order valence-electron chi connectivity index (χ2n) is 7.26. The minimum atomic E-state index is -2.84. The fraction of sp³-hybridized carbons (Fsp3) is 0.333. The quantitative estimate of drug-likeness (QED) is 0.520. The predicted molar refractivity (Wildman–Crippen MR) is 116 cm³/mol. The fourth-order valence-corrected chi connectivity index (χ4v) is 3.66. The molecule has 33 heavy (non-hydrogen) atoms. The number of nitrogens with zero attached hydrogens (tertiary/aromatic N) is 5. The number of morpholine rings is 1. The Bertz CT molecular complexity index is 1120. The number of benzene rings is 1. The van der Waals surface area contributed by atoms with Crippen LogP contribution in [0.5, 0.6) is 5.75 Å². The highest BCUT2D eigenvalue weighted by Crippen LogP contribution is 2.29. The Labute approximate surface area is 193 Å². The summed E-state index contributed by atoms with van der Waals surface area (Å²) in [5.41, 5.74) is 7.24. The van der Waals surface area contributed by atoms with Gasteiger partial charge in [0.05, 0.1) is 18.9 Å². The highest BCUT2D eigenvalue weighted by Gasteiger charge is 2.21. The Balaban J connectivity index is 1.58. The van der Waals surface area contributed by atoms with Gasteiger partial charge >= 0.3 is 6.55 Å². The van der Waals surface area contributed by atoms with Crippen molar-refractivity contribution in [2.24, 2.45) is 0 Å². The van der Waals surface area contributed by atoms with Gasteiger partial charge in [0.2, 0.25) is 5.95 Å². The largest absolute Gasteiger partial charge is 0.483 e. The number of nitrogens with two attached hydrogens (primary N) is 1. The number of hydrogen-bond donors (Lipinski definition) is 1. The van der Waals surface area contributed by atoms with Crippen LogP contribution in [-0.2, 0) is 16.0 Å². The van der Waals surface area contributed by atoms with Crippen molar-refractivity contribution in [3.63, 3.8) is 0 Å². The number of carbonyl (C=O) groups is 1. The molecule has 0 saturated carbocycles. The van der Waals surface area contributed by atoms with Crippen molar-refractivity contribution >= 4 is 23.5 Å². The molecule has 4 rings (SSSR count). The molecule has 2 N–H and O–H groups in total. The van der Waals surface area contributed by atoms with Gasteiger partial charge in [0.1, 0.15) is 16.6 Å². The van der Waals surface area contributed by atoms with E-state index in [0.717, 1.165) is 0 Å². The van der Waals surface area contributed by atoms with E-state index in [-0.39, 0.29) is 41.4 Å². The van der Waals surface area contributed by atoms with Crippen molar-refractivity contribution in [3.05, 3.63) is 52.8 Å². The van der Waals surface area contributed by atoms with Gasteiger partial charge in [0.25, 0.3) is 5.91 Å². The molecule has 3 heterocycles. The topological polar surface area (TPSA) is 108 Å². The van der Waals surface area contributed by atoms with Crippen LogP contribution in [0.2, 0.25) is 5.15 Å². The zero-order valence-corrected chi connectivity index (χ0v) is 18.2. The Kier molecular flexibility index (Phi) is 6.99. The summed E-state index contributed by atoms with van der Waals surface area (Å²) in [6.45, 7) is -0.953. The molecule has 0 radical (unpaired) electrons. The summed E-state index contributed by atoms with van der Waals surface area (Å²) in [7, 11) is 0. The SMILES string of the molecule is Nc1nc(Cl)cc(-c2nn(C(F)F)cc2Cc2ccccc2OCC(=O)N2CCOCC2)n1. The van der Waals surface area contributed by atoms with E-state index in [2.05, 4.69) is 15.1 Å². The van der Waals surface area contributed by atoms with E-state index in [4.69, 9.17) is 26.8 Å². The number of hydrogen-bond acceptors (Lipinski definition) is 7. The molecule has 1 saturated heterocycles. The van der Waals surface area contributed by atoms with Crippen molar-refractivity contribution in [1.82, 2.24) is 24.6 Å². The fourth-order valence-electron chi connectivity index (χ4n) is 3.47. The van der Waals surface area contributed by atoms with Crippen molar-refractivity contribution in [2.45, 2.75) is 13.0 Å². The van der Waals surface area contributed by atoms with Gasteiger partial charge in [-0.15, -0.1) is 0 Å². The first-order valence-electron chi connectivity index (χ1n) is 10.1. The average Bonchev–Trinajstić information content (AvgIpc) is 3.22. The first-order chi connectivity index (χ1) is 15.9. The number of nitrogen functional groups attached to an aromatic ring is 1. The third-order valence-corrected chi connectivity index (χ3v) is 5.22. The van der Waals surface area contributed by atoms with Crippen LogP contribution in [0.25, 0.3) is 11.4 Å². The van der Waals surface area contributed by atoms with Crippen LogP contribution in [0, 0.1) is 0 Å². The normalized spacial score (nSPS) is 14.0. The maximum Gasteiger partial charge on any atom is 0.333 e. The first kappa shape index (κ1) is 22.9. The van der Waals surface area contributed by atoms with E-state index in [9.17, 15) is 13.6 Å². The Morgan fingerprint density at radius 2 is 1.97 bits per heavy atom. The summed E-state index contributed by atoms with van der Waals surface area (Å²) in [4.78, 5) is 22.0. The van der Waals surface area contributed by atoms with Gasteiger partial charge in [-0.05, 0) is 11.6 Å². The second-order valence-corrected chi connectivity index (χ2v) is 7.65. The second kappa shape index (κ2) is 10.1. The third-order valence-electron chi connectivity index (χ3n) is 5.03. The molecule has 3 aromatic rings. The molecule has 174 valence electrons. The highest BCUT2D eigenvalue weighted by atomic mass is 35.5. The molecule has 0 aliphatic carbocycles. The van der Waals surface area contributed by atoms with Gasteiger partial charge < -0.3 is 20.1 Å². The molecule has 1 aliphatic rings. The van der Waals surface area contributed by atoms with Crippen LogP contribution in [0.1, 0.15) is 17.7 Å². The zero-order chi connectivity index (χ0) is 23.4. The number of carbonyl (C=O) groups excluding carboxylic acids is 1. The van der Waals surface area contributed by atoms with E-state index in [1.807, 2.05) is 0 Å². The smallest absolute Gasteiger partial charge is 0.333 e. The van der Waals surface area contributed by atoms with Crippen molar-refractivity contribution in [3.8, 4) is 17.1 Å². The molecule has 1 fully saturated rings. The van der Waals surface area contributed by atoms with Crippen LogP contribution >= 0.6 is 11.6 Å². The summed E-state index contributed by atoms with van der Waals surface area (Å²) in [5, 5.41) is 4.04. The number of para-hydroxylation sites is 1. The number of amides is 1.